The molecule has 0 fully saturated rings. The lowest BCUT2D eigenvalue weighted by molar-refractivity contribution is 0.0636. The molecule has 0 aliphatic rings. The van der Waals surface area contributed by atoms with Crippen LogP contribution in [-0.4, -0.2) is 41.3 Å². The second kappa shape index (κ2) is 9.54. The van der Waals surface area contributed by atoms with Gasteiger partial charge in [0.25, 0.3) is 0 Å². The van der Waals surface area contributed by atoms with Gasteiger partial charge in [0.15, 0.2) is 0 Å². The van der Waals surface area contributed by atoms with Crippen LogP contribution in [0.4, 0.5) is 10.5 Å². The molecule has 0 spiro atoms. The Hall–Kier alpha value is -4.05. The van der Waals surface area contributed by atoms with Crippen LogP contribution in [0.1, 0.15) is 26.3 Å². The summed E-state index contributed by atoms with van der Waals surface area (Å²) in [7, 11) is -3.60. The number of sulfone groups is 1. The van der Waals surface area contributed by atoms with Crippen molar-refractivity contribution in [1.82, 2.24) is 15.0 Å². The maximum Gasteiger partial charge on any atom is 0.412 e. The first-order valence-corrected chi connectivity index (χ1v) is 13.0. The molecule has 0 radical (unpaired) electrons. The number of ether oxygens (including phenoxy) is 2. The fourth-order valence-corrected chi connectivity index (χ4v) is 4.05. The van der Waals surface area contributed by atoms with Gasteiger partial charge >= 0.3 is 6.09 Å². The smallest absolute Gasteiger partial charge is 0.412 e. The zero-order chi connectivity index (χ0) is 26.1. The monoisotopic (exact) mass is 506 g/mol. The van der Waals surface area contributed by atoms with Crippen LogP contribution < -0.4 is 10.1 Å². The number of benzene rings is 2. The molecule has 1 amide bonds. The molecule has 9 nitrogen and oxygen atoms in total. The maximum atomic E-state index is 12.4. The number of hydrogen-bond donors (Lipinski definition) is 1. The molecule has 1 N–H and O–H groups in total. The highest BCUT2D eigenvalue weighted by Gasteiger charge is 2.19. The molecule has 0 saturated heterocycles. The first-order chi connectivity index (χ1) is 16.9. The number of rotatable bonds is 5. The SMILES string of the molecule is Cc1ccc2c(NC(=O)OC(C)(C)C)cccc2c1Oc1ncccc1-c1ccnc(S(C)(=O)=O)n1. The van der Waals surface area contributed by atoms with E-state index in [1.54, 1.807) is 51.2 Å². The Morgan fingerprint density at radius 3 is 2.44 bits per heavy atom. The number of hydrogen-bond acceptors (Lipinski definition) is 8. The number of aryl methyl sites for hydroxylation is 1. The highest BCUT2D eigenvalue weighted by molar-refractivity contribution is 7.90. The number of nitrogens with zero attached hydrogens (tertiary/aromatic N) is 3. The molecule has 2 aromatic heterocycles. The van der Waals surface area contributed by atoms with Crippen molar-refractivity contribution in [2.45, 2.75) is 38.5 Å². The lowest BCUT2D eigenvalue weighted by Crippen LogP contribution is -2.27. The van der Waals surface area contributed by atoms with Gasteiger partial charge in [-0.1, -0.05) is 24.3 Å². The Balaban J connectivity index is 1.76. The van der Waals surface area contributed by atoms with Crippen LogP contribution in [0.5, 0.6) is 11.6 Å². The van der Waals surface area contributed by atoms with Crippen LogP contribution >= 0.6 is 0 Å². The minimum absolute atomic E-state index is 0.247. The van der Waals surface area contributed by atoms with Gasteiger partial charge in [-0.3, -0.25) is 5.32 Å². The Morgan fingerprint density at radius 1 is 0.944 bits per heavy atom. The summed E-state index contributed by atoms with van der Waals surface area (Å²) in [6.07, 6.45) is 3.45. The van der Waals surface area contributed by atoms with E-state index in [2.05, 4.69) is 20.3 Å². The average Bonchev–Trinajstić information content (AvgIpc) is 2.80. The molecular weight excluding hydrogens is 480 g/mol. The third-order valence-corrected chi connectivity index (χ3v) is 5.92. The topological polar surface area (TPSA) is 120 Å². The second-order valence-electron chi connectivity index (χ2n) is 9.19. The van der Waals surface area contributed by atoms with E-state index in [4.69, 9.17) is 9.47 Å². The van der Waals surface area contributed by atoms with Crippen LogP contribution in [0.15, 0.2) is 66.1 Å². The lowest BCUT2D eigenvalue weighted by Gasteiger charge is -2.20. The number of aromatic nitrogens is 3. The summed E-state index contributed by atoms with van der Waals surface area (Å²) in [6.45, 7) is 7.29. The van der Waals surface area contributed by atoms with E-state index in [1.165, 1.54) is 6.20 Å². The van der Waals surface area contributed by atoms with E-state index in [-0.39, 0.29) is 11.0 Å². The minimum Gasteiger partial charge on any atom is -0.444 e. The quantitative estimate of drug-likeness (QED) is 0.350. The fourth-order valence-electron chi connectivity index (χ4n) is 3.53. The van der Waals surface area contributed by atoms with E-state index < -0.39 is 21.5 Å². The van der Waals surface area contributed by atoms with Gasteiger partial charge < -0.3 is 9.47 Å². The summed E-state index contributed by atoms with van der Waals surface area (Å²) in [5.74, 6) is 0.787. The van der Waals surface area contributed by atoms with Crippen molar-refractivity contribution in [1.29, 1.82) is 0 Å². The first kappa shape index (κ1) is 25.1. The Kier molecular flexibility index (Phi) is 6.64. The molecule has 4 rings (SSSR count). The molecule has 0 unspecified atom stereocenters. The van der Waals surface area contributed by atoms with Gasteiger partial charge in [-0.15, -0.1) is 0 Å². The van der Waals surface area contributed by atoms with Crippen molar-refractivity contribution in [3.05, 3.63) is 66.5 Å². The zero-order valence-corrected chi connectivity index (χ0v) is 21.4. The standard InChI is InChI=1S/C26H26N4O5S/c1-16-11-12-17-18(8-6-10-20(17)30-25(31)35-26(2,3)4)22(16)34-23-19(9-7-14-27-23)21-13-15-28-24(29-21)36(5,32)33/h6-15H,1-5H3,(H,30,31). The molecule has 36 heavy (non-hydrogen) atoms. The number of amides is 1. The fraction of sp³-hybridized carbons (Fsp3) is 0.231. The largest absolute Gasteiger partial charge is 0.444 e. The second-order valence-corrected chi connectivity index (χ2v) is 11.1. The molecule has 0 aliphatic heterocycles. The van der Waals surface area contributed by atoms with Gasteiger partial charge in [0.2, 0.25) is 20.9 Å². The molecule has 4 aromatic rings. The maximum absolute atomic E-state index is 12.4. The van der Waals surface area contributed by atoms with Crippen molar-refractivity contribution in [2.75, 3.05) is 11.6 Å². The molecule has 0 saturated carbocycles. The zero-order valence-electron chi connectivity index (χ0n) is 20.6. The average molecular weight is 507 g/mol. The number of pyridine rings is 1. The van der Waals surface area contributed by atoms with E-state index >= 15 is 0 Å². The Bertz CT molecular complexity index is 1560. The van der Waals surface area contributed by atoms with Crippen LogP contribution in [0.3, 0.4) is 0 Å². The minimum atomic E-state index is -3.60. The van der Waals surface area contributed by atoms with Crippen LogP contribution in [0.25, 0.3) is 22.0 Å². The van der Waals surface area contributed by atoms with E-state index in [9.17, 15) is 13.2 Å². The highest BCUT2D eigenvalue weighted by atomic mass is 32.2. The van der Waals surface area contributed by atoms with E-state index in [1.807, 2.05) is 31.2 Å². The third-order valence-electron chi connectivity index (χ3n) is 5.06. The van der Waals surface area contributed by atoms with Crippen molar-refractivity contribution in [3.63, 3.8) is 0 Å². The van der Waals surface area contributed by atoms with E-state index in [0.29, 0.717) is 22.7 Å². The van der Waals surface area contributed by atoms with Crippen molar-refractivity contribution in [3.8, 4) is 22.9 Å². The van der Waals surface area contributed by atoms with Gasteiger partial charge in [0, 0.05) is 29.4 Å². The number of carbonyl (C=O) groups excluding carboxylic acids is 1. The van der Waals surface area contributed by atoms with Crippen LogP contribution in [0.2, 0.25) is 0 Å². The molecule has 0 bridgehead atoms. The molecular formula is C26H26N4O5S. The van der Waals surface area contributed by atoms with E-state index in [0.717, 1.165) is 22.6 Å². The third kappa shape index (κ3) is 5.60. The molecule has 0 aliphatic carbocycles. The summed E-state index contributed by atoms with van der Waals surface area (Å²) in [5, 5.41) is 4.02. The van der Waals surface area contributed by atoms with Crippen molar-refractivity contribution < 1.29 is 22.7 Å². The molecule has 2 heterocycles. The Labute approximate surface area is 209 Å². The Morgan fingerprint density at radius 2 is 1.72 bits per heavy atom. The van der Waals surface area contributed by atoms with Crippen LogP contribution in [-0.2, 0) is 14.6 Å². The summed E-state index contributed by atoms with van der Waals surface area (Å²) >= 11 is 0. The van der Waals surface area contributed by atoms with Gasteiger partial charge in [-0.25, -0.2) is 28.2 Å². The molecule has 0 atom stereocenters. The number of nitrogens with one attached hydrogen (secondary N) is 1. The summed E-state index contributed by atoms with van der Waals surface area (Å²) in [6, 6.07) is 14.3. The summed E-state index contributed by atoms with van der Waals surface area (Å²) in [4.78, 5) is 24.8. The van der Waals surface area contributed by atoms with Crippen LogP contribution in [0, 0.1) is 6.92 Å². The number of fused-ring (bicyclic) bond motifs is 1. The number of anilines is 1. The predicted octanol–water partition coefficient (Wildman–Crippen LogP) is 5.54. The van der Waals surface area contributed by atoms with Crippen molar-refractivity contribution >= 4 is 32.4 Å². The van der Waals surface area contributed by atoms with Gasteiger partial charge in [0.1, 0.15) is 11.4 Å². The number of carbonyl (C=O) groups is 1. The molecule has 10 heteroatoms. The van der Waals surface area contributed by atoms with Gasteiger partial charge in [0.05, 0.1) is 16.9 Å². The summed E-state index contributed by atoms with van der Waals surface area (Å²) in [5.41, 5.74) is 1.64. The predicted molar refractivity (Wildman–Crippen MR) is 137 cm³/mol. The first-order valence-electron chi connectivity index (χ1n) is 11.1. The van der Waals surface area contributed by atoms with Gasteiger partial charge in [-0.2, -0.15) is 0 Å². The molecule has 2 aromatic carbocycles. The molecule has 186 valence electrons. The van der Waals surface area contributed by atoms with Gasteiger partial charge in [-0.05, 0) is 57.5 Å². The summed E-state index contributed by atoms with van der Waals surface area (Å²) < 4.78 is 35.6. The van der Waals surface area contributed by atoms with Crippen molar-refractivity contribution in [2.24, 2.45) is 0 Å². The highest BCUT2D eigenvalue weighted by Crippen LogP contribution is 2.38. The lowest BCUT2D eigenvalue weighted by atomic mass is 10.0. The normalized spacial score (nSPS) is 11.8.